The van der Waals surface area contributed by atoms with Gasteiger partial charge in [0.05, 0.1) is 18.1 Å². The second kappa shape index (κ2) is 6.30. The molecule has 0 aliphatic carbocycles. The highest BCUT2D eigenvalue weighted by molar-refractivity contribution is 7.91. The summed E-state index contributed by atoms with van der Waals surface area (Å²) in [6.45, 7) is 3.77. The summed E-state index contributed by atoms with van der Waals surface area (Å²) >= 11 is 0. The van der Waals surface area contributed by atoms with Gasteiger partial charge in [-0.2, -0.15) is 0 Å². The molecule has 1 rings (SSSR count). The van der Waals surface area contributed by atoms with Crippen LogP contribution < -0.4 is 10.5 Å². The first-order valence-electron chi connectivity index (χ1n) is 5.33. The fourth-order valence-corrected chi connectivity index (χ4v) is 2.42. The standard InChI is InChI=1S/C12H17NO3S/c1-2-8-17(14,15)9-4-7-16-12-6-3-5-11(13)10-12/h2-3,5-6,10H,1,4,7-9,13H2. The lowest BCUT2D eigenvalue weighted by Crippen LogP contribution is -2.12. The van der Waals surface area contributed by atoms with Gasteiger partial charge in [-0.25, -0.2) is 8.42 Å². The third-order valence-electron chi connectivity index (χ3n) is 2.10. The highest BCUT2D eigenvalue weighted by atomic mass is 32.2. The second-order valence-corrected chi connectivity index (χ2v) is 5.91. The number of ether oxygens (including phenoxy) is 1. The van der Waals surface area contributed by atoms with Crippen LogP contribution in [0.4, 0.5) is 5.69 Å². The molecule has 5 heteroatoms. The van der Waals surface area contributed by atoms with Crippen molar-refractivity contribution in [3.8, 4) is 5.75 Å². The molecule has 1 aromatic carbocycles. The number of rotatable bonds is 7. The fourth-order valence-electron chi connectivity index (χ4n) is 1.34. The first-order chi connectivity index (χ1) is 8.03. The number of nitrogens with two attached hydrogens (primary N) is 1. The summed E-state index contributed by atoms with van der Waals surface area (Å²) in [5.41, 5.74) is 6.21. The summed E-state index contributed by atoms with van der Waals surface area (Å²) in [6, 6.07) is 7.05. The van der Waals surface area contributed by atoms with Gasteiger partial charge >= 0.3 is 0 Å². The molecular formula is C12H17NO3S. The SMILES string of the molecule is C=CCS(=O)(=O)CCCOc1cccc(N)c1. The zero-order valence-corrected chi connectivity index (χ0v) is 10.4. The number of hydrogen-bond donors (Lipinski definition) is 1. The van der Waals surface area contributed by atoms with Gasteiger partial charge in [-0.1, -0.05) is 12.1 Å². The molecule has 0 atom stereocenters. The van der Waals surface area contributed by atoms with Gasteiger partial charge in [-0.15, -0.1) is 6.58 Å². The summed E-state index contributed by atoms with van der Waals surface area (Å²) in [6.07, 6.45) is 1.86. The lowest BCUT2D eigenvalue weighted by Gasteiger charge is -2.06. The Hall–Kier alpha value is -1.49. The van der Waals surface area contributed by atoms with Crippen LogP contribution in [0.1, 0.15) is 6.42 Å². The van der Waals surface area contributed by atoms with Gasteiger partial charge in [-0.3, -0.25) is 0 Å². The van der Waals surface area contributed by atoms with Crippen molar-refractivity contribution < 1.29 is 13.2 Å². The molecule has 0 heterocycles. The third kappa shape index (κ3) is 5.40. The lowest BCUT2D eigenvalue weighted by atomic mass is 10.3. The van der Waals surface area contributed by atoms with Crippen molar-refractivity contribution in [3.63, 3.8) is 0 Å². The van der Waals surface area contributed by atoms with Crippen LogP contribution in [0.2, 0.25) is 0 Å². The Bertz CT molecular complexity index is 468. The third-order valence-corrected chi connectivity index (χ3v) is 3.75. The summed E-state index contributed by atoms with van der Waals surface area (Å²) in [4.78, 5) is 0. The van der Waals surface area contributed by atoms with Gasteiger partial charge in [0.15, 0.2) is 9.84 Å². The highest BCUT2D eigenvalue weighted by Gasteiger charge is 2.07. The van der Waals surface area contributed by atoms with E-state index >= 15 is 0 Å². The average molecular weight is 255 g/mol. The van der Waals surface area contributed by atoms with Crippen LogP contribution in [0.25, 0.3) is 0 Å². The normalized spacial score (nSPS) is 11.1. The smallest absolute Gasteiger partial charge is 0.153 e. The van der Waals surface area contributed by atoms with Crippen LogP contribution in [0, 0.1) is 0 Å². The van der Waals surface area contributed by atoms with Crippen molar-refractivity contribution in [1.29, 1.82) is 0 Å². The second-order valence-electron chi connectivity index (χ2n) is 3.68. The summed E-state index contributed by atoms with van der Waals surface area (Å²) in [5, 5.41) is 0. The first kappa shape index (κ1) is 13.6. The topological polar surface area (TPSA) is 69.4 Å². The molecule has 0 fully saturated rings. The van der Waals surface area contributed by atoms with Crippen LogP contribution in [0.15, 0.2) is 36.9 Å². The molecule has 2 N–H and O–H groups in total. The van der Waals surface area contributed by atoms with Crippen LogP contribution >= 0.6 is 0 Å². The van der Waals surface area contributed by atoms with E-state index in [1.807, 2.05) is 0 Å². The van der Waals surface area contributed by atoms with E-state index in [1.54, 1.807) is 24.3 Å². The fraction of sp³-hybridized carbons (Fsp3) is 0.333. The van der Waals surface area contributed by atoms with E-state index < -0.39 is 9.84 Å². The Morgan fingerprint density at radius 3 is 2.82 bits per heavy atom. The number of sulfone groups is 1. The van der Waals surface area contributed by atoms with Crippen LogP contribution in [-0.4, -0.2) is 26.5 Å². The van der Waals surface area contributed by atoms with Gasteiger partial charge in [0.2, 0.25) is 0 Å². The van der Waals surface area contributed by atoms with Crippen molar-refractivity contribution in [2.24, 2.45) is 0 Å². The highest BCUT2D eigenvalue weighted by Crippen LogP contribution is 2.14. The van der Waals surface area contributed by atoms with E-state index in [1.165, 1.54) is 6.08 Å². The molecule has 0 aliphatic heterocycles. The number of benzene rings is 1. The van der Waals surface area contributed by atoms with Crippen LogP contribution in [0.3, 0.4) is 0 Å². The maximum Gasteiger partial charge on any atom is 0.153 e. The lowest BCUT2D eigenvalue weighted by molar-refractivity contribution is 0.318. The number of anilines is 1. The van der Waals surface area contributed by atoms with E-state index in [4.69, 9.17) is 10.5 Å². The van der Waals surface area contributed by atoms with Gasteiger partial charge in [0, 0.05) is 11.8 Å². The molecule has 0 amide bonds. The molecule has 94 valence electrons. The van der Waals surface area contributed by atoms with Crippen molar-refractivity contribution in [1.82, 2.24) is 0 Å². The maximum atomic E-state index is 11.3. The zero-order chi connectivity index (χ0) is 12.7. The Balaban J connectivity index is 2.32. The molecule has 0 aliphatic rings. The molecule has 0 radical (unpaired) electrons. The van der Waals surface area contributed by atoms with Crippen LogP contribution in [0.5, 0.6) is 5.75 Å². The molecule has 1 aromatic rings. The average Bonchev–Trinajstić information content (AvgIpc) is 2.24. The summed E-state index contributed by atoms with van der Waals surface area (Å²) in [7, 11) is -3.02. The Labute approximate surface area is 102 Å². The van der Waals surface area contributed by atoms with E-state index in [0.717, 1.165) is 0 Å². The van der Waals surface area contributed by atoms with E-state index in [0.29, 0.717) is 24.5 Å². The van der Waals surface area contributed by atoms with Crippen molar-refractivity contribution in [3.05, 3.63) is 36.9 Å². The minimum Gasteiger partial charge on any atom is -0.493 e. The molecule has 17 heavy (non-hydrogen) atoms. The predicted octanol–water partition coefficient (Wildman–Crippen LogP) is 1.64. The van der Waals surface area contributed by atoms with Crippen molar-refractivity contribution in [2.45, 2.75) is 6.42 Å². The number of hydrogen-bond acceptors (Lipinski definition) is 4. The van der Waals surface area contributed by atoms with Gasteiger partial charge < -0.3 is 10.5 Å². The molecular weight excluding hydrogens is 238 g/mol. The van der Waals surface area contributed by atoms with Crippen LogP contribution in [-0.2, 0) is 9.84 Å². The summed E-state index contributed by atoms with van der Waals surface area (Å²) < 4.78 is 28.1. The summed E-state index contributed by atoms with van der Waals surface area (Å²) in [5.74, 6) is 0.790. The van der Waals surface area contributed by atoms with Gasteiger partial charge in [0.1, 0.15) is 5.75 Å². The van der Waals surface area contributed by atoms with E-state index in [2.05, 4.69) is 6.58 Å². The van der Waals surface area contributed by atoms with Gasteiger partial charge in [-0.05, 0) is 18.6 Å². The van der Waals surface area contributed by atoms with E-state index in [-0.39, 0.29) is 11.5 Å². The predicted molar refractivity (Wildman–Crippen MR) is 69.8 cm³/mol. The Morgan fingerprint density at radius 1 is 1.41 bits per heavy atom. The molecule has 0 unspecified atom stereocenters. The zero-order valence-electron chi connectivity index (χ0n) is 9.63. The number of nitrogen functional groups attached to an aromatic ring is 1. The molecule has 0 saturated heterocycles. The largest absolute Gasteiger partial charge is 0.493 e. The molecule has 0 bridgehead atoms. The minimum absolute atomic E-state index is 0.0191. The molecule has 0 saturated carbocycles. The molecule has 0 aromatic heterocycles. The Kier molecular flexibility index (Phi) is 5.03. The molecule has 4 nitrogen and oxygen atoms in total. The van der Waals surface area contributed by atoms with Gasteiger partial charge in [0.25, 0.3) is 0 Å². The maximum absolute atomic E-state index is 11.3. The minimum atomic E-state index is -3.02. The van der Waals surface area contributed by atoms with Crippen molar-refractivity contribution in [2.75, 3.05) is 23.8 Å². The molecule has 0 spiro atoms. The Morgan fingerprint density at radius 2 is 2.18 bits per heavy atom. The first-order valence-corrected chi connectivity index (χ1v) is 7.15. The van der Waals surface area contributed by atoms with Crippen molar-refractivity contribution >= 4 is 15.5 Å². The monoisotopic (exact) mass is 255 g/mol. The quantitative estimate of drug-likeness (QED) is 0.457. The van der Waals surface area contributed by atoms with E-state index in [9.17, 15) is 8.42 Å².